The van der Waals surface area contributed by atoms with Crippen LogP contribution in [0.5, 0.6) is 5.75 Å². The van der Waals surface area contributed by atoms with Crippen molar-refractivity contribution >= 4 is 11.6 Å². The van der Waals surface area contributed by atoms with E-state index in [-0.39, 0.29) is 5.91 Å². The number of anilines is 1. The van der Waals surface area contributed by atoms with Crippen LogP contribution in [0.3, 0.4) is 0 Å². The minimum Gasteiger partial charge on any atom is -0.495 e. The first kappa shape index (κ1) is 13.9. The van der Waals surface area contributed by atoms with E-state index in [9.17, 15) is 4.79 Å². The van der Waals surface area contributed by atoms with E-state index in [1.165, 1.54) is 26.2 Å². The summed E-state index contributed by atoms with van der Waals surface area (Å²) in [7, 11) is 1.63. The molecule has 2 rings (SSSR count). The maximum atomic E-state index is 11.3. The van der Waals surface area contributed by atoms with Crippen LogP contribution in [0.2, 0.25) is 0 Å². The number of amides is 1. The molecular weight excluding hydrogens is 240 g/mol. The number of ether oxygens (including phenoxy) is 1. The van der Waals surface area contributed by atoms with Gasteiger partial charge in [-0.25, -0.2) is 0 Å². The Morgan fingerprint density at radius 2 is 2.32 bits per heavy atom. The number of methoxy groups -OCH3 is 1. The molecule has 1 saturated heterocycles. The predicted octanol–water partition coefficient (Wildman–Crippen LogP) is 2.34. The lowest BCUT2D eigenvalue weighted by molar-refractivity contribution is -0.114. The fourth-order valence-electron chi connectivity index (χ4n) is 2.60. The van der Waals surface area contributed by atoms with Gasteiger partial charge in [-0.05, 0) is 37.4 Å². The molecule has 0 aliphatic carbocycles. The van der Waals surface area contributed by atoms with Crippen LogP contribution in [-0.4, -0.2) is 25.6 Å². The number of rotatable bonds is 4. The van der Waals surface area contributed by atoms with Crippen LogP contribution in [0.4, 0.5) is 5.69 Å². The number of hydrogen-bond acceptors (Lipinski definition) is 3. The third-order valence-corrected chi connectivity index (χ3v) is 3.51. The Hall–Kier alpha value is -1.55. The van der Waals surface area contributed by atoms with Gasteiger partial charge in [0, 0.05) is 13.0 Å². The van der Waals surface area contributed by atoms with Crippen LogP contribution in [0, 0.1) is 0 Å². The van der Waals surface area contributed by atoms with Crippen molar-refractivity contribution < 1.29 is 9.53 Å². The molecule has 1 aromatic carbocycles. The molecule has 0 aromatic heterocycles. The average molecular weight is 262 g/mol. The Balaban J connectivity index is 2.19. The summed E-state index contributed by atoms with van der Waals surface area (Å²) in [5, 5.41) is 6.42. The van der Waals surface area contributed by atoms with Crippen LogP contribution in [0.25, 0.3) is 0 Å². The van der Waals surface area contributed by atoms with Crippen molar-refractivity contribution in [2.75, 3.05) is 19.0 Å². The minimum atomic E-state index is -0.0673. The first-order chi connectivity index (χ1) is 9.20. The van der Waals surface area contributed by atoms with Crippen molar-refractivity contribution in [3.05, 3.63) is 23.8 Å². The number of hydrogen-bond donors (Lipinski definition) is 2. The molecule has 1 amide bonds. The predicted molar refractivity (Wildman–Crippen MR) is 76.6 cm³/mol. The molecule has 0 saturated carbocycles. The highest BCUT2D eigenvalue weighted by Gasteiger charge is 2.17. The van der Waals surface area contributed by atoms with Crippen LogP contribution in [0.15, 0.2) is 18.2 Å². The standard InChI is InChI=1S/C15H22N2O2/c1-11(18)17-15-12(6-5-8-14(15)19-2)10-13-7-3-4-9-16-13/h5-6,8,13,16H,3-4,7,9-10H2,1-2H3,(H,17,18). The maximum absolute atomic E-state index is 11.3. The van der Waals surface area contributed by atoms with Gasteiger partial charge in [-0.15, -0.1) is 0 Å². The average Bonchev–Trinajstić information content (AvgIpc) is 2.41. The lowest BCUT2D eigenvalue weighted by Gasteiger charge is -2.25. The van der Waals surface area contributed by atoms with Crippen molar-refractivity contribution in [1.29, 1.82) is 0 Å². The molecule has 104 valence electrons. The van der Waals surface area contributed by atoms with Gasteiger partial charge in [-0.3, -0.25) is 4.79 Å². The zero-order valence-electron chi connectivity index (χ0n) is 11.7. The molecule has 2 N–H and O–H groups in total. The number of benzene rings is 1. The first-order valence-electron chi connectivity index (χ1n) is 6.87. The van der Waals surface area contributed by atoms with Crippen molar-refractivity contribution in [3.8, 4) is 5.75 Å². The van der Waals surface area contributed by atoms with E-state index in [0.717, 1.165) is 30.0 Å². The van der Waals surface area contributed by atoms with Gasteiger partial charge in [0.1, 0.15) is 5.75 Å². The second-order valence-corrected chi connectivity index (χ2v) is 5.03. The summed E-state index contributed by atoms with van der Waals surface area (Å²) >= 11 is 0. The number of para-hydroxylation sites is 1. The maximum Gasteiger partial charge on any atom is 0.221 e. The fourth-order valence-corrected chi connectivity index (χ4v) is 2.60. The smallest absolute Gasteiger partial charge is 0.221 e. The summed E-state index contributed by atoms with van der Waals surface area (Å²) in [6.07, 6.45) is 4.65. The van der Waals surface area contributed by atoms with Gasteiger partial charge in [0.25, 0.3) is 0 Å². The summed E-state index contributed by atoms with van der Waals surface area (Å²) < 4.78 is 5.34. The normalized spacial score (nSPS) is 18.9. The zero-order valence-corrected chi connectivity index (χ0v) is 11.7. The topological polar surface area (TPSA) is 50.4 Å². The lowest BCUT2D eigenvalue weighted by atomic mass is 9.96. The minimum absolute atomic E-state index is 0.0673. The number of piperidine rings is 1. The lowest BCUT2D eigenvalue weighted by Crippen LogP contribution is -2.35. The molecule has 1 heterocycles. The van der Waals surface area contributed by atoms with Crippen LogP contribution >= 0.6 is 0 Å². The van der Waals surface area contributed by atoms with Crippen molar-refractivity contribution in [2.45, 2.75) is 38.6 Å². The highest BCUT2D eigenvalue weighted by Crippen LogP contribution is 2.30. The zero-order chi connectivity index (χ0) is 13.7. The number of nitrogens with one attached hydrogen (secondary N) is 2. The highest BCUT2D eigenvalue weighted by molar-refractivity contribution is 5.91. The largest absolute Gasteiger partial charge is 0.495 e. The molecule has 4 heteroatoms. The Labute approximate surface area is 114 Å². The van der Waals surface area contributed by atoms with E-state index >= 15 is 0 Å². The molecule has 1 aliphatic heterocycles. The molecule has 1 aromatic rings. The van der Waals surface area contributed by atoms with Gasteiger partial charge in [0.15, 0.2) is 0 Å². The summed E-state index contributed by atoms with van der Waals surface area (Å²) in [4.78, 5) is 11.3. The third-order valence-electron chi connectivity index (χ3n) is 3.51. The second kappa shape index (κ2) is 6.57. The molecule has 1 atom stereocenters. The molecule has 1 unspecified atom stereocenters. The summed E-state index contributed by atoms with van der Waals surface area (Å²) in [6, 6.07) is 6.41. The van der Waals surface area contributed by atoms with Gasteiger partial charge >= 0.3 is 0 Å². The second-order valence-electron chi connectivity index (χ2n) is 5.03. The van der Waals surface area contributed by atoms with E-state index in [2.05, 4.69) is 16.7 Å². The monoisotopic (exact) mass is 262 g/mol. The van der Waals surface area contributed by atoms with Crippen LogP contribution in [0.1, 0.15) is 31.7 Å². The molecule has 0 radical (unpaired) electrons. The molecule has 1 aliphatic rings. The number of carbonyl (C=O) groups excluding carboxylic acids is 1. The first-order valence-corrected chi connectivity index (χ1v) is 6.87. The Morgan fingerprint density at radius 3 is 2.95 bits per heavy atom. The SMILES string of the molecule is COc1cccc(CC2CCCCN2)c1NC(C)=O. The van der Waals surface area contributed by atoms with Crippen LogP contribution < -0.4 is 15.4 Å². The summed E-state index contributed by atoms with van der Waals surface area (Å²) in [6.45, 7) is 2.61. The van der Waals surface area contributed by atoms with Gasteiger partial charge < -0.3 is 15.4 Å². The van der Waals surface area contributed by atoms with Crippen LogP contribution in [-0.2, 0) is 11.2 Å². The quantitative estimate of drug-likeness (QED) is 0.875. The molecular formula is C15H22N2O2. The van der Waals surface area contributed by atoms with Gasteiger partial charge in [0.05, 0.1) is 12.8 Å². The van der Waals surface area contributed by atoms with E-state index < -0.39 is 0 Å². The Morgan fingerprint density at radius 1 is 1.47 bits per heavy atom. The Bertz CT molecular complexity index is 440. The molecule has 0 spiro atoms. The molecule has 4 nitrogen and oxygen atoms in total. The molecule has 1 fully saturated rings. The van der Waals surface area contributed by atoms with Crippen molar-refractivity contribution in [2.24, 2.45) is 0 Å². The number of carbonyl (C=O) groups is 1. The van der Waals surface area contributed by atoms with E-state index in [1.807, 2.05) is 12.1 Å². The van der Waals surface area contributed by atoms with E-state index in [1.54, 1.807) is 7.11 Å². The summed E-state index contributed by atoms with van der Waals surface area (Å²) in [5.41, 5.74) is 1.94. The summed E-state index contributed by atoms with van der Waals surface area (Å²) in [5.74, 6) is 0.658. The molecule has 19 heavy (non-hydrogen) atoms. The van der Waals surface area contributed by atoms with Gasteiger partial charge in [-0.1, -0.05) is 18.6 Å². The van der Waals surface area contributed by atoms with Crippen molar-refractivity contribution in [3.63, 3.8) is 0 Å². The van der Waals surface area contributed by atoms with E-state index in [4.69, 9.17) is 4.74 Å². The fraction of sp³-hybridized carbons (Fsp3) is 0.533. The van der Waals surface area contributed by atoms with E-state index in [0.29, 0.717) is 6.04 Å². The van der Waals surface area contributed by atoms with Crippen molar-refractivity contribution in [1.82, 2.24) is 5.32 Å². The van der Waals surface area contributed by atoms with Gasteiger partial charge in [0.2, 0.25) is 5.91 Å². The molecule has 0 bridgehead atoms. The third kappa shape index (κ3) is 3.70. The van der Waals surface area contributed by atoms with Gasteiger partial charge in [-0.2, -0.15) is 0 Å². The Kier molecular flexibility index (Phi) is 4.80. The highest BCUT2D eigenvalue weighted by atomic mass is 16.5.